The average Bonchev–Trinajstić information content (AvgIpc) is 2.29. The molecule has 2 rings (SSSR count). The number of aliphatic hydroxyl groups is 1. The second-order valence-electron chi connectivity index (χ2n) is 3.56. The Morgan fingerprint density at radius 1 is 0.875 bits per heavy atom. The summed E-state index contributed by atoms with van der Waals surface area (Å²) in [4.78, 5) is 0. The Morgan fingerprint density at radius 2 is 1.62 bits per heavy atom. The summed E-state index contributed by atoms with van der Waals surface area (Å²) in [6.45, 7) is 0. The van der Waals surface area contributed by atoms with Gasteiger partial charge in [0.15, 0.2) is 0 Å². The minimum atomic E-state index is -0.937. The minimum absolute atomic E-state index is 0.0401. The number of aromatic hydroxyl groups is 2. The molecule has 0 spiro atoms. The van der Waals surface area contributed by atoms with Crippen LogP contribution in [0, 0.1) is 0 Å². The molecule has 1 atom stereocenters. The summed E-state index contributed by atoms with van der Waals surface area (Å²) in [5, 5.41) is 28.9. The highest BCUT2D eigenvalue weighted by Gasteiger charge is 2.13. The fraction of sp³-hybridized carbons (Fsp3) is 0.0769. The first-order chi connectivity index (χ1) is 7.68. The predicted octanol–water partition coefficient (Wildman–Crippen LogP) is 2.18. The standard InChI is InChI=1S/C13H12O3/c14-10-5-3-4-9(8-10)13(16)11-6-1-2-7-12(11)15/h1-8,13-16H. The van der Waals surface area contributed by atoms with Gasteiger partial charge in [-0.2, -0.15) is 0 Å². The number of aliphatic hydroxyl groups excluding tert-OH is 1. The van der Waals surface area contributed by atoms with E-state index in [1.807, 2.05) is 0 Å². The number of phenolic OH excluding ortho intramolecular Hbond substituents is 2. The molecule has 0 aliphatic carbocycles. The molecule has 3 N–H and O–H groups in total. The molecule has 3 nitrogen and oxygen atoms in total. The first-order valence-corrected chi connectivity index (χ1v) is 4.93. The van der Waals surface area contributed by atoms with Crippen LogP contribution in [0.4, 0.5) is 0 Å². The summed E-state index contributed by atoms with van der Waals surface area (Å²) < 4.78 is 0. The van der Waals surface area contributed by atoms with Crippen molar-refractivity contribution in [2.75, 3.05) is 0 Å². The first kappa shape index (κ1) is 10.5. The van der Waals surface area contributed by atoms with Crippen LogP contribution in [0.2, 0.25) is 0 Å². The normalized spacial score (nSPS) is 12.3. The Balaban J connectivity index is 2.39. The van der Waals surface area contributed by atoms with Gasteiger partial charge in [-0.1, -0.05) is 30.3 Å². The molecule has 2 aromatic carbocycles. The van der Waals surface area contributed by atoms with Crippen molar-refractivity contribution in [3.63, 3.8) is 0 Å². The van der Waals surface area contributed by atoms with E-state index in [1.54, 1.807) is 30.3 Å². The molecule has 0 aromatic heterocycles. The van der Waals surface area contributed by atoms with Crippen molar-refractivity contribution in [3.05, 3.63) is 59.7 Å². The van der Waals surface area contributed by atoms with Gasteiger partial charge >= 0.3 is 0 Å². The van der Waals surface area contributed by atoms with Gasteiger partial charge in [-0.25, -0.2) is 0 Å². The van der Waals surface area contributed by atoms with E-state index in [0.717, 1.165) is 0 Å². The molecule has 0 aliphatic rings. The lowest BCUT2D eigenvalue weighted by atomic mass is 10.0. The minimum Gasteiger partial charge on any atom is -0.508 e. The second-order valence-corrected chi connectivity index (χ2v) is 3.56. The third-order valence-corrected chi connectivity index (χ3v) is 2.42. The van der Waals surface area contributed by atoms with E-state index in [0.29, 0.717) is 11.1 Å². The van der Waals surface area contributed by atoms with Crippen LogP contribution in [-0.4, -0.2) is 15.3 Å². The zero-order valence-corrected chi connectivity index (χ0v) is 8.54. The van der Waals surface area contributed by atoms with Crippen LogP contribution in [0.15, 0.2) is 48.5 Å². The van der Waals surface area contributed by atoms with Crippen LogP contribution >= 0.6 is 0 Å². The maximum Gasteiger partial charge on any atom is 0.121 e. The summed E-state index contributed by atoms with van der Waals surface area (Å²) in [6, 6.07) is 12.9. The van der Waals surface area contributed by atoms with Gasteiger partial charge in [-0.3, -0.25) is 0 Å². The van der Waals surface area contributed by atoms with Crippen molar-refractivity contribution >= 4 is 0 Å². The number of hydrogen-bond donors (Lipinski definition) is 3. The van der Waals surface area contributed by atoms with Gasteiger partial charge in [0.05, 0.1) is 0 Å². The number of phenols is 2. The van der Waals surface area contributed by atoms with Gasteiger partial charge in [0, 0.05) is 5.56 Å². The SMILES string of the molecule is Oc1cccc(C(O)c2ccccc2O)c1. The monoisotopic (exact) mass is 216 g/mol. The van der Waals surface area contributed by atoms with Crippen molar-refractivity contribution in [2.24, 2.45) is 0 Å². The van der Waals surface area contributed by atoms with Gasteiger partial charge in [0.2, 0.25) is 0 Å². The molecule has 1 unspecified atom stereocenters. The number of hydrogen-bond acceptors (Lipinski definition) is 3. The highest BCUT2D eigenvalue weighted by atomic mass is 16.3. The lowest BCUT2D eigenvalue weighted by Gasteiger charge is -2.12. The van der Waals surface area contributed by atoms with E-state index >= 15 is 0 Å². The highest BCUT2D eigenvalue weighted by molar-refractivity contribution is 5.40. The van der Waals surface area contributed by atoms with Crippen LogP contribution in [-0.2, 0) is 0 Å². The zero-order valence-electron chi connectivity index (χ0n) is 8.54. The molecule has 0 heterocycles. The van der Waals surface area contributed by atoms with Crippen molar-refractivity contribution in [1.29, 1.82) is 0 Å². The van der Waals surface area contributed by atoms with E-state index in [1.165, 1.54) is 18.2 Å². The Bertz CT molecular complexity index is 494. The molecule has 82 valence electrons. The summed E-state index contributed by atoms with van der Waals surface area (Å²) in [6.07, 6.45) is -0.937. The number of benzene rings is 2. The molecule has 0 aliphatic heterocycles. The molecule has 0 fully saturated rings. The largest absolute Gasteiger partial charge is 0.508 e. The molecule has 16 heavy (non-hydrogen) atoms. The van der Waals surface area contributed by atoms with E-state index in [2.05, 4.69) is 0 Å². The Morgan fingerprint density at radius 3 is 2.31 bits per heavy atom. The lowest BCUT2D eigenvalue weighted by Crippen LogP contribution is -1.99. The quantitative estimate of drug-likeness (QED) is 0.721. The fourth-order valence-corrected chi connectivity index (χ4v) is 1.59. The summed E-state index contributed by atoms with van der Waals surface area (Å²) in [7, 11) is 0. The van der Waals surface area contributed by atoms with Crippen molar-refractivity contribution in [1.82, 2.24) is 0 Å². The van der Waals surface area contributed by atoms with Gasteiger partial charge in [0.1, 0.15) is 17.6 Å². The van der Waals surface area contributed by atoms with Crippen LogP contribution in [0.25, 0.3) is 0 Å². The smallest absolute Gasteiger partial charge is 0.121 e. The van der Waals surface area contributed by atoms with Crippen molar-refractivity contribution in [2.45, 2.75) is 6.10 Å². The Labute approximate surface area is 93.2 Å². The van der Waals surface area contributed by atoms with E-state index in [9.17, 15) is 15.3 Å². The molecule has 0 saturated heterocycles. The third kappa shape index (κ3) is 1.99. The molecular weight excluding hydrogens is 204 g/mol. The van der Waals surface area contributed by atoms with Crippen LogP contribution in [0.3, 0.4) is 0 Å². The molecule has 2 aromatic rings. The maximum atomic E-state index is 10.0. The van der Waals surface area contributed by atoms with E-state index < -0.39 is 6.10 Å². The topological polar surface area (TPSA) is 60.7 Å². The van der Waals surface area contributed by atoms with Gasteiger partial charge in [-0.15, -0.1) is 0 Å². The predicted molar refractivity (Wildman–Crippen MR) is 60.3 cm³/mol. The average molecular weight is 216 g/mol. The highest BCUT2D eigenvalue weighted by Crippen LogP contribution is 2.29. The summed E-state index contributed by atoms with van der Waals surface area (Å²) >= 11 is 0. The molecule has 0 bridgehead atoms. The Kier molecular flexibility index (Phi) is 2.79. The van der Waals surface area contributed by atoms with Crippen LogP contribution in [0.1, 0.15) is 17.2 Å². The summed E-state index contributed by atoms with van der Waals surface area (Å²) in [5.41, 5.74) is 0.967. The summed E-state index contributed by atoms with van der Waals surface area (Å²) in [5.74, 6) is 0.130. The number of para-hydroxylation sites is 1. The fourth-order valence-electron chi connectivity index (χ4n) is 1.59. The van der Waals surface area contributed by atoms with Gasteiger partial charge in [-0.05, 0) is 23.8 Å². The van der Waals surface area contributed by atoms with Crippen LogP contribution in [0.5, 0.6) is 11.5 Å². The lowest BCUT2D eigenvalue weighted by molar-refractivity contribution is 0.215. The maximum absolute atomic E-state index is 10.0. The molecule has 0 radical (unpaired) electrons. The Hall–Kier alpha value is -2.00. The van der Waals surface area contributed by atoms with E-state index in [-0.39, 0.29) is 11.5 Å². The molecule has 3 heteroatoms. The van der Waals surface area contributed by atoms with Crippen molar-refractivity contribution < 1.29 is 15.3 Å². The van der Waals surface area contributed by atoms with Gasteiger partial charge in [0.25, 0.3) is 0 Å². The molecule has 0 amide bonds. The molecule has 0 saturated carbocycles. The third-order valence-electron chi connectivity index (χ3n) is 2.42. The van der Waals surface area contributed by atoms with Gasteiger partial charge < -0.3 is 15.3 Å². The molecular formula is C13H12O3. The zero-order chi connectivity index (χ0) is 11.5. The second kappa shape index (κ2) is 4.24. The first-order valence-electron chi connectivity index (χ1n) is 4.93. The van der Waals surface area contributed by atoms with E-state index in [4.69, 9.17) is 0 Å². The number of rotatable bonds is 2. The van der Waals surface area contributed by atoms with Crippen molar-refractivity contribution in [3.8, 4) is 11.5 Å². The van der Waals surface area contributed by atoms with Crippen LogP contribution < -0.4 is 0 Å².